The zero-order chi connectivity index (χ0) is 30.6. The molecule has 46 heavy (non-hydrogen) atoms. The summed E-state index contributed by atoms with van der Waals surface area (Å²) in [4.78, 5) is 11.1. The predicted octanol–water partition coefficient (Wildman–Crippen LogP) is 10.3. The van der Waals surface area contributed by atoms with Crippen LogP contribution in [0.4, 0.5) is 22.7 Å². The molecule has 3 aromatic heterocycles. The lowest BCUT2D eigenvalue weighted by Crippen LogP contribution is -2.22. The first-order chi connectivity index (χ1) is 22.7. The summed E-state index contributed by atoms with van der Waals surface area (Å²) in [6.07, 6.45) is 5.93. The van der Waals surface area contributed by atoms with Crippen LogP contribution in [0.1, 0.15) is 0 Å². The van der Waals surface area contributed by atoms with Crippen LogP contribution in [0.3, 0.4) is 0 Å². The summed E-state index contributed by atoms with van der Waals surface area (Å²) >= 11 is 0. The second-order valence-electron chi connectivity index (χ2n) is 11.5. The smallest absolute Gasteiger partial charge is 0.219 e. The number of para-hydroxylation sites is 3. The van der Waals surface area contributed by atoms with Crippen molar-refractivity contribution in [1.82, 2.24) is 9.88 Å². The van der Waals surface area contributed by atoms with Crippen LogP contribution in [0.15, 0.2) is 149 Å². The van der Waals surface area contributed by atoms with Gasteiger partial charge in [0.05, 0.1) is 23.4 Å². The Labute approximate surface area is 264 Å². The van der Waals surface area contributed by atoms with E-state index in [9.17, 15) is 0 Å². The van der Waals surface area contributed by atoms with E-state index in [1.807, 2.05) is 60.7 Å². The van der Waals surface area contributed by atoms with Crippen LogP contribution in [-0.2, 0) is 0 Å². The fraction of sp³-hybridized carbons (Fsp3) is 0.0513. The monoisotopic (exact) mass is 600 g/mol. The Bertz CT molecular complexity index is 2410. The molecule has 4 heterocycles. The van der Waals surface area contributed by atoms with E-state index < -0.39 is 0 Å². The number of hydrogen-bond acceptors (Lipinski definition) is 7. The van der Waals surface area contributed by atoms with Gasteiger partial charge >= 0.3 is 0 Å². The summed E-state index contributed by atoms with van der Waals surface area (Å²) in [5.41, 5.74) is 6.97. The summed E-state index contributed by atoms with van der Waals surface area (Å²) < 4.78 is 19.5. The third kappa shape index (κ3) is 4.32. The standard InChI is InChI=1S/C39H28N4O3/c1-41-19-20-42(25-41)27-21-31-29-13-5-7-15-34(29)46-39(31)33(22-27)43(26-11-3-2-4-12-26)32-23-28(44-37-17-9-10-18-40-37)24-36-38(32)30-14-6-8-16-35(30)45-36/h2-24H,25H2,1H3. The van der Waals surface area contributed by atoms with E-state index in [1.54, 1.807) is 6.20 Å². The summed E-state index contributed by atoms with van der Waals surface area (Å²) in [5, 5.41) is 4.10. The van der Waals surface area contributed by atoms with Gasteiger partial charge in [-0.3, -0.25) is 0 Å². The van der Waals surface area contributed by atoms with E-state index in [0.29, 0.717) is 17.2 Å². The molecule has 0 spiro atoms. The zero-order valence-corrected chi connectivity index (χ0v) is 25.0. The van der Waals surface area contributed by atoms with Crippen molar-refractivity contribution in [3.05, 3.63) is 140 Å². The highest BCUT2D eigenvalue weighted by atomic mass is 16.5. The summed E-state index contributed by atoms with van der Waals surface area (Å²) in [7, 11) is 2.08. The lowest BCUT2D eigenvalue weighted by atomic mass is 10.1. The lowest BCUT2D eigenvalue weighted by molar-refractivity contribution is 0.463. The maximum Gasteiger partial charge on any atom is 0.219 e. The van der Waals surface area contributed by atoms with Gasteiger partial charge < -0.3 is 28.3 Å². The molecule has 5 aromatic carbocycles. The van der Waals surface area contributed by atoms with Crippen LogP contribution < -0.4 is 14.5 Å². The number of hydrogen-bond donors (Lipinski definition) is 0. The Morgan fingerprint density at radius 1 is 0.674 bits per heavy atom. The molecule has 9 rings (SSSR count). The van der Waals surface area contributed by atoms with Gasteiger partial charge in [0, 0.05) is 71.4 Å². The van der Waals surface area contributed by atoms with Gasteiger partial charge in [0.1, 0.15) is 22.5 Å². The van der Waals surface area contributed by atoms with Gasteiger partial charge in [0.15, 0.2) is 5.58 Å². The van der Waals surface area contributed by atoms with E-state index in [0.717, 1.165) is 67.7 Å². The summed E-state index contributed by atoms with van der Waals surface area (Å²) in [6.45, 7) is 0.746. The number of benzene rings is 5. The highest BCUT2D eigenvalue weighted by Gasteiger charge is 2.26. The topological polar surface area (TPSA) is 58.1 Å². The molecule has 0 N–H and O–H groups in total. The molecular weight excluding hydrogens is 572 g/mol. The molecule has 1 aliphatic rings. The molecule has 0 saturated carbocycles. The number of nitrogens with zero attached hydrogens (tertiary/aromatic N) is 4. The van der Waals surface area contributed by atoms with Crippen molar-refractivity contribution in [2.24, 2.45) is 0 Å². The first-order valence-electron chi connectivity index (χ1n) is 15.2. The van der Waals surface area contributed by atoms with Gasteiger partial charge in [-0.1, -0.05) is 60.7 Å². The van der Waals surface area contributed by atoms with Gasteiger partial charge in [-0.2, -0.15) is 0 Å². The molecule has 222 valence electrons. The Morgan fingerprint density at radius 3 is 2.22 bits per heavy atom. The fourth-order valence-corrected chi connectivity index (χ4v) is 6.38. The molecule has 0 atom stereocenters. The maximum atomic E-state index is 6.70. The molecule has 0 saturated heterocycles. The number of fused-ring (bicyclic) bond motifs is 6. The number of furan rings is 2. The number of aromatic nitrogens is 1. The van der Waals surface area contributed by atoms with E-state index in [4.69, 9.17) is 13.6 Å². The fourth-order valence-electron chi connectivity index (χ4n) is 6.38. The third-order valence-corrected chi connectivity index (χ3v) is 8.44. The van der Waals surface area contributed by atoms with Gasteiger partial charge in [-0.15, -0.1) is 0 Å². The molecule has 0 radical (unpaired) electrons. The quantitative estimate of drug-likeness (QED) is 0.188. The number of pyridine rings is 1. The second kappa shape index (κ2) is 10.5. The molecule has 8 aromatic rings. The minimum atomic E-state index is 0.502. The van der Waals surface area contributed by atoms with Crippen LogP contribution in [-0.4, -0.2) is 23.6 Å². The lowest BCUT2D eigenvalue weighted by Gasteiger charge is -2.28. The molecule has 7 nitrogen and oxygen atoms in total. The second-order valence-corrected chi connectivity index (χ2v) is 11.5. The van der Waals surface area contributed by atoms with Gasteiger partial charge in [0.2, 0.25) is 5.88 Å². The molecule has 7 heteroatoms. The Kier molecular flexibility index (Phi) is 5.96. The van der Waals surface area contributed by atoms with Crippen molar-refractivity contribution >= 4 is 66.6 Å². The van der Waals surface area contributed by atoms with Crippen molar-refractivity contribution in [2.75, 3.05) is 23.5 Å². The summed E-state index contributed by atoms with van der Waals surface area (Å²) in [5.74, 6) is 1.11. The molecule has 1 aliphatic heterocycles. The highest BCUT2D eigenvalue weighted by Crippen LogP contribution is 2.49. The Balaban J connectivity index is 1.38. The van der Waals surface area contributed by atoms with Gasteiger partial charge in [-0.25, -0.2) is 4.98 Å². The first-order valence-corrected chi connectivity index (χ1v) is 15.2. The average Bonchev–Trinajstić information content (AvgIpc) is 3.80. The SMILES string of the molecule is CN1C=CN(c2cc(N(c3ccccc3)c3cc(Oc4ccccn4)cc4oc5ccccc5c34)c3oc4ccccc4c3c2)C1. The predicted molar refractivity (Wildman–Crippen MR) is 184 cm³/mol. The number of rotatable bonds is 6. The zero-order valence-electron chi connectivity index (χ0n) is 25.0. The maximum absolute atomic E-state index is 6.70. The third-order valence-electron chi connectivity index (χ3n) is 8.44. The highest BCUT2D eigenvalue weighted by molar-refractivity contribution is 6.17. The number of ether oxygens (including phenoxy) is 1. The van der Waals surface area contributed by atoms with Crippen molar-refractivity contribution in [3.63, 3.8) is 0 Å². The van der Waals surface area contributed by atoms with Crippen molar-refractivity contribution < 1.29 is 13.6 Å². The minimum absolute atomic E-state index is 0.502. The normalized spacial score (nSPS) is 13.1. The Morgan fingerprint density at radius 2 is 1.43 bits per heavy atom. The van der Waals surface area contributed by atoms with E-state index in [1.165, 1.54) is 0 Å². The van der Waals surface area contributed by atoms with Crippen molar-refractivity contribution in [3.8, 4) is 11.6 Å². The molecule has 0 fully saturated rings. The average molecular weight is 601 g/mol. The first kappa shape index (κ1) is 26.2. The van der Waals surface area contributed by atoms with E-state index >= 15 is 0 Å². The van der Waals surface area contributed by atoms with Crippen LogP contribution in [0.2, 0.25) is 0 Å². The largest absolute Gasteiger partial charge is 0.456 e. The van der Waals surface area contributed by atoms with Gasteiger partial charge in [-0.05, 0) is 42.5 Å². The molecule has 0 unspecified atom stereocenters. The van der Waals surface area contributed by atoms with Crippen molar-refractivity contribution in [1.29, 1.82) is 0 Å². The number of anilines is 4. The van der Waals surface area contributed by atoms with E-state index in [2.05, 4.69) is 99.8 Å². The van der Waals surface area contributed by atoms with Crippen LogP contribution in [0.5, 0.6) is 11.6 Å². The molecule has 0 aliphatic carbocycles. The summed E-state index contributed by atoms with van der Waals surface area (Å²) in [6, 6.07) is 40.8. The van der Waals surface area contributed by atoms with Crippen LogP contribution in [0, 0.1) is 0 Å². The molecular formula is C39H28N4O3. The van der Waals surface area contributed by atoms with E-state index in [-0.39, 0.29) is 0 Å². The van der Waals surface area contributed by atoms with Crippen LogP contribution >= 0.6 is 0 Å². The Hall–Kier alpha value is -6.21. The van der Waals surface area contributed by atoms with Crippen LogP contribution in [0.25, 0.3) is 43.9 Å². The van der Waals surface area contributed by atoms with Gasteiger partial charge in [0.25, 0.3) is 0 Å². The minimum Gasteiger partial charge on any atom is -0.456 e. The van der Waals surface area contributed by atoms with Crippen molar-refractivity contribution in [2.45, 2.75) is 0 Å². The molecule has 0 bridgehead atoms. The molecule has 0 amide bonds.